The van der Waals surface area contributed by atoms with Gasteiger partial charge in [-0.2, -0.15) is 0 Å². The number of rotatable bonds is 7. The van der Waals surface area contributed by atoms with E-state index in [-0.39, 0.29) is 24.0 Å². The molecule has 0 heterocycles. The zero-order valence-electron chi connectivity index (χ0n) is 12.2. The summed E-state index contributed by atoms with van der Waals surface area (Å²) in [6.45, 7) is 3.93. The Bertz CT molecular complexity index is 594. The number of hydrogen-bond acceptors (Lipinski definition) is 4. The van der Waals surface area contributed by atoms with E-state index >= 15 is 0 Å². The van der Waals surface area contributed by atoms with Crippen LogP contribution >= 0.6 is 0 Å². The van der Waals surface area contributed by atoms with Crippen LogP contribution in [-0.2, 0) is 10.0 Å². The first-order valence-electron chi connectivity index (χ1n) is 6.38. The molecule has 0 atom stereocenters. The zero-order chi connectivity index (χ0) is 16.0. The van der Waals surface area contributed by atoms with Crippen LogP contribution in [-0.4, -0.2) is 62.4 Å². The number of benzene rings is 1. The first-order valence-corrected chi connectivity index (χ1v) is 7.82. The summed E-state index contributed by atoms with van der Waals surface area (Å²) in [5, 5.41) is 8.96. The molecule has 0 aliphatic rings. The van der Waals surface area contributed by atoms with E-state index in [0.717, 1.165) is 4.31 Å². The van der Waals surface area contributed by atoms with Crippen LogP contribution in [0.3, 0.4) is 0 Å². The van der Waals surface area contributed by atoms with Crippen LogP contribution in [0.5, 0.6) is 0 Å². The van der Waals surface area contributed by atoms with Gasteiger partial charge < -0.3 is 10.0 Å². The van der Waals surface area contributed by atoms with Gasteiger partial charge in [0.25, 0.3) is 5.91 Å². The topological polar surface area (TPSA) is 77.9 Å². The van der Waals surface area contributed by atoms with Gasteiger partial charge in [-0.3, -0.25) is 4.79 Å². The number of aliphatic hydroxyl groups is 1. The van der Waals surface area contributed by atoms with Gasteiger partial charge in [-0.05, 0) is 24.3 Å². The minimum Gasteiger partial charge on any atom is -0.395 e. The van der Waals surface area contributed by atoms with Gasteiger partial charge in [-0.1, -0.05) is 6.08 Å². The fraction of sp³-hybridized carbons (Fsp3) is 0.357. The second kappa shape index (κ2) is 7.35. The summed E-state index contributed by atoms with van der Waals surface area (Å²) in [5.74, 6) is -0.280. The summed E-state index contributed by atoms with van der Waals surface area (Å²) < 4.78 is 25.0. The van der Waals surface area contributed by atoms with Crippen LogP contribution in [0.15, 0.2) is 41.8 Å². The van der Waals surface area contributed by atoms with Crippen molar-refractivity contribution in [2.24, 2.45) is 0 Å². The molecule has 0 bridgehead atoms. The maximum atomic E-state index is 12.2. The standard InChI is InChI=1S/C14H20N2O4S/c1-4-9-16(10-11-17)14(18)12-5-7-13(8-6-12)21(19,20)15(2)3/h4-8,17H,1,9-11H2,2-3H3. The molecule has 1 rings (SSSR count). The van der Waals surface area contributed by atoms with Gasteiger partial charge in [-0.25, -0.2) is 12.7 Å². The maximum absolute atomic E-state index is 12.2. The van der Waals surface area contributed by atoms with E-state index in [1.807, 2.05) is 0 Å². The summed E-state index contributed by atoms with van der Waals surface area (Å²) >= 11 is 0. The molecule has 1 N–H and O–H groups in total. The largest absolute Gasteiger partial charge is 0.395 e. The van der Waals surface area contributed by atoms with E-state index in [0.29, 0.717) is 12.1 Å². The molecule has 0 saturated heterocycles. The first kappa shape index (κ1) is 17.4. The molecule has 0 spiro atoms. The Morgan fingerprint density at radius 2 is 1.86 bits per heavy atom. The van der Waals surface area contributed by atoms with E-state index in [4.69, 9.17) is 5.11 Å². The highest BCUT2D eigenvalue weighted by molar-refractivity contribution is 7.89. The third-order valence-corrected chi connectivity index (χ3v) is 4.72. The van der Waals surface area contributed by atoms with Crippen LogP contribution in [0.25, 0.3) is 0 Å². The average molecular weight is 312 g/mol. The molecule has 0 radical (unpaired) electrons. The lowest BCUT2D eigenvalue weighted by Gasteiger charge is -2.20. The SMILES string of the molecule is C=CCN(CCO)C(=O)c1ccc(S(=O)(=O)N(C)C)cc1. The van der Waals surface area contributed by atoms with E-state index in [2.05, 4.69) is 6.58 Å². The number of sulfonamides is 1. The summed E-state index contributed by atoms with van der Waals surface area (Å²) in [4.78, 5) is 13.8. The molecular formula is C14H20N2O4S. The molecule has 0 aliphatic carbocycles. The van der Waals surface area contributed by atoms with Gasteiger partial charge in [0.1, 0.15) is 0 Å². The van der Waals surface area contributed by atoms with Crippen molar-refractivity contribution in [3.8, 4) is 0 Å². The lowest BCUT2D eigenvalue weighted by Crippen LogP contribution is -2.33. The van der Waals surface area contributed by atoms with Crippen molar-refractivity contribution in [3.05, 3.63) is 42.5 Å². The fourth-order valence-electron chi connectivity index (χ4n) is 1.72. The summed E-state index contributed by atoms with van der Waals surface area (Å²) in [6.07, 6.45) is 1.57. The van der Waals surface area contributed by atoms with Crippen LogP contribution in [0.4, 0.5) is 0 Å². The molecule has 21 heavy (non-hydrogen) atoms. The molecule has 0 aromatic heterocycles. The van der Waals surface area contributed by atoms with Crippen molar-refractivity contribution in [3.63, 3.8) is 0 Å². The van der Waals surface area contributed by atoms with Gasteiger partial charge in [0.05, 0.1) is 11.5 Å². The molecular weight excluding hydrogens is 292 g/mol. The normalized spacial score (nSPS) is 11.4. The van der Waals surface area contributed by atoms with Gasteiger partial charge in [0.2, 0.25) is 10.0 Å². The lowest BCUT2D eigenvalue weighted by atomic mass is 10.2. The van der Waals surface area contributed by atoms with Crippen molar-refractivity contribution < 1.29 is 18.3 Å². The number of carbonyl (C=O) groups excluding carboxylic acids is 1. The van der Waals surface area contributed by atoms with E-state index in [1.165, 1.54) is 43.3 Å². The molecule has 6 nitrogen and oxygen atoms in total. The number of aliphatic hydroxyl groups excluding tert-OH is 1. The predicted molar refractivity (Wildman–Crippen MR) is 80.5 cm³/mol. The summed E-state index contributed by atoms with van der Waals surface area (Å²) in [7, 11) is -0.616. The van der Waals surface area contributed by atoms with Crippen molar-refractivity contribution in [1.82, 2.24) is 9.21 Å². The average Bonchev–Trinajstić information content (AvgIpc) is 2.46. The van der Waals surface area contributed by atoms with Crippen LogP contribution in [0.2, 0.25) is 0 Å². The Morgan fingerprint density at radius 1 is 1.29 bits per heavy atom. The fourth-order valence-corrected chi connectivity index (χ4v) is 2.62. The number of hydrogen-bond donors (Lipinski definition) is 1. The van der Waals surface area contributed by atoms with Gasteiger partial charge in [-0.15, -0.1) is 6.58 Å². The molecule has 7 heteroatoms. The molecule has 1 aromatic carbocycles. The third-order valence-electron chi connectivity index (χ3n) is 2.89. The van der Waals surface area contributed by atoms with Gasteiger partial charge in [0, 0.05) is 32.7 Å². The third kappa shape index (κ3) is 4.13. The Morgan fingerprint density at radius 3 is 2.29 bits per heavy atom. The van der Waals surface area contributed by atoms with Crippen molar-refractivity contribution in [1.29, 1.82) is 0 Å². The van der Waals surface area contributed by atoms with E-state index in [9.17, 15) is 13.2 Å². The smallest absolute Gasteiger partial charge is 0.254 e. The molecule has 0 fully saturated rings. The van der Waals surface area contributed by atoms with Crippen LogP contribution < -0.4 is 0 Å². The second-order valence-corrected chi connectivity index (χ2v) is 6.73. The predicted octanol–water partition coefficient (Wildman–Crippen LogP) is 0.557. The minimum atomic E-state index is -3.51. The summed E-state index contributed by atoms with van der Waals surface area (Å²) in [6, 6.07) is 5.72. The van der Waals surface area contributed by atoms with Crippen molar-refractivity contribution in [2.45, 2.75) is 4.90 Å². The number of carbonyl (C=O) groups is 1. The Labute approximate surface area is 125 Å². The zero-order valence-corrected chi connectivity index (χ0v) is 13.0. The maximum Gasteiger partial charge on any atom is 0.254 e. The summed E-state index contributed by atoms with van der Waals surface area (Å²) in [5.41, 5.74) is 0.364. The molecule has 0 aliphatic heterocycles. The lowest BCUT2D eigenvalue weighted by molar-refractivity contribution is 0.0743. The Hall–Kier alpha value is -1.70. The Balaban J connectivity index is 3.01. The molecule has 116 valence electrons. The van der Waals surface area contributed by atoms with E-state index in [1.54, 1.807) is 6.08 Å². The molecule has 1 amide bonds. The van der Waals surface area contributed by atoms with Crippen LogP contribution in [0.1, 0.15) is 10.4 Å². The number of nitrogens with zero attached hydrogens (tertiary/aromatic N) is 2. The first-order chi connectivity index (χ1) is 9.84. The highest BCUT2D eigenvalue weighted by Gasteiger charge is 2.19. The Kier molecular flexibility index (Phi) is 6.07. The van der Waals surface area contributed by atoms with Gasteiger partial charge in [0.15, 0.2) is 0 Å². The minimum absolute atomic E-state index is 0.126. The molecule has 0 unspecified atom stereocenters. The number of amides is 1. The van der Waals surface area contributed by atoms with E-state index < -0.39 is 10.0 Å². The van der Waals surface area contributed by atoms with Gasteiger partial charge >= 0.3 is 0 Å². The highest BCUT2D eigenvalue weighted by atomic mass is 32.2. The monoisotopic (exact) mass is 312 g/mol. The quantitative estimate of drug-likeness (QED) is 0.746. The highest BCUT2D eigenvalue weighted by Crippen LogP contribution is 2.15. The molecule has 0 saturated carbocycles. The van der Waals surface area contributed by atoms with Crippen molar-refractivity contribution >= 4 is 15.9 Å². The van der Waals surface area contributed by atoms with Crippen LogP contribution in [0, 0.1) is 0 Å². The van der Waals surface area contributed by atoms with Crippen molar-refractivity contribution in [2.75, 3.05) is 33.8 Å². The molecule has 1 aromatic rings. The second-order valence-electron chi connectivity index (χ2n) is 4.58.